The zero-order valence-electron chi connectivity index (χ0n) is 15.9. The van der Waals surface area contributed by atoms with Gasteiger partial charge < -0.3 is 15.4 Å². The molecule has 0 aliphatic carbocycles. The second-order valence-corrected chi connectivity index (χ2v) is 7.43. The number of ether oxygens (including phenoxy) is 1. The van der Waals surface area contributed by atoms with Crippen molar-refractivity contribution in [3.05, 3.63) is 75.7 Å². The zero-order chi connectivity index (χ0) is 20.4. The smallest absolute Gasteiger partial charge is 0.319 e. The quantitative estimate of drug-likeness (QED) is 0.674. The third kappa shape index (κ3) is 3.71. The molecule has 0 saturated carbocycles. The lowest BCUT2D eigenvalue weighted by Crippen LogP contribution is -2.42. The zero-order valence-corrected chi connectivity index (χ0v) is 16.7. The minimum absolute atomic E-state index is 0.247. The third-order valence-corrected chi connectivity index (χ3v) is 5.62. The number of nitriles is 1. The molecule has 3 aromatic rings. The lowest BCUT2D eigenvalue weighted by Gasteiger charge is -2.28. The fourth-order valence-corrected chi connectivity index (χ4v) is 4.26. The molecule has 2 amide bonds. The van der Waals surface area contributed by atoms with E-state index in [1.165, 1.54) is 11.3 Å². The van der Waals surface area contributed by atoms with Crippen molar-refractivity contribution in [3.63, 3.8) is 0 Å². The summed E-state index contributed by atoms with van der Waals surface area (Å²) in [5.74, 6) is 0.727. The van der Waals surface area contributed by atoms with Crippen LogP contribution in [0.25, 0.3) is 16.8 Å². The van der Waals surface area contributed by atoms with E-state index < -0.39 is 0 Å². The second-order valence-electron chi connectivity index (χ2n) is 6.57. The minimum Gasteiger partial charge on any atom is -0.497 e. The van der Waals surface area contributed by atoms with Crippen LogP contribution in [0.15, 0.2) is 59.6 Å². The van der Waals surface area contributed by atoms with Crippen molar-refractivity contribution in [1.29, 1.82) is 5.26 Å². The summed E-state index contributed by atoms with van der Waals surface area (Å²) in [6.45, 7) is 1.88. The number of allylic oxidation sites excluding steroid dienone is 1. The molecular weight excluding hydrogens is 384 g/mol. The van der Waals surface area contributed by atoms with Gasteiger partial charge in [-0.25, -0.2) is 9.78 Å². The van der Waals surface area contributed by atoms with Crippen LogP contribution in [-0.2, 0) is 0 Å². The lowest BCUT2D eigenvalue weighted by atomic mass is 9.96. The van der Waals surface area contributed by atoms with Crippen molar-refractivity contribution in [1.82, 2.24) is 15.6 Å². The van der Waals surface area contributed by atoms with Gasteiger partial charge in [-0.2, -0.15) is 5.26 Å². The highest BCUT2D eigenvalue weighted by Crippen LogP contribution is 2.38. The number of thiazole rings is 1. The highest BCUT2D eigenvalue weighted by Gasteiger charge is 2.29. The molecule has 1 unspecified atom stereocenters. The molecule has 0 spiro atoms. The van der Waals surface area contributed by atoms with Crippen molar-refractivity contribution in [2.75, 3.05) is 7.11 Å². The van der Waals surface area contributed by atoms with Crippen molar-refractivity contribution in [3.8, 4) is 23.1 Å². The third-order valence-electron chi connectivity index (χ3n) is 4.74. The Kier molecular flexibility index (Phi) is 5.02. The Morgan fingerprint density at radius 3 is 2.72 bits per heavy atom. The number of nitrogens with zero attached hydrogens (tertiary/aromatic N) is 2. The van der Waals surface area contributed by atoms with E-state index in [1.54, 1.807) is 19.2 Å². The number of carbonyl (C=O) groups excluding carboxylic acids is 1. The normalized spacial score (nSPS) is 16.0. The number of methoxy groups -OCH3 is 1. The molecular formula is C22H18N4O2S. The Labute approximate surface area is 172 Å². The predicted molar refractivity (Wildman–Crippen MR) is 112 cm³/mol. The average Bonchev–Trinajstić information content (AvgIpc) is 3.23. The number of nitrogens with one attached hydrogen (secondary N) is 2. The first-order chi connectivity index (χ1) is 14.1. The van der Waals surface area contributed by atoms with Crippen LogP contribution < -0.4 is 15.4 Å². The summed E-state index contributed by atoms with van der Waals surface area (Å²) < 4.78 is 5.34. The SMILES string of the molecule is COc1cccc(C2NC(=O)NC(C)=C2c2nc(-c3ccc(C#N)cc3)cs2)c1. The Balaban J connectivity index is 1.74. The molecule has 0 saturated heterocycles. The van der Waals surface area contributed by atoms with E-state index in [0.717, 1.165) is 38.8 Å². The molecule has 29 heavy (non-hydrogen) atoms. The fraction of sp³-hybridized carbons (Fsp3) is 0.136. The van der Waals surface area contributed by atoms with Crippen LogP contribution in [0.5, 0.6) is 5.75 Å². The van der Waals surface area contributed by atoms with Crippen LogP contribution in [0, 0.1) is 11.3 Å². The van der Waals surface area contributed by atoms with Gasteiger partial charge in [0.1, 0.15) is 10.8 Å². The monoisotopic (exact) mass is 402 g/mol. The number of benzene rings is 2. The van der Waals surface area contributed by atoms with Crippen molar-refractivity contribution >= 4 is 22.9 Å². The Morgan fingerprint density at radius 2 is 2.00 bits per heavy atom. The van der Waals surface area contributed by atoms with Gasteiger partial charge in [0, 0.05) is 22.2 Å². The van der Waals surface area contributed by atoms with Gasteiger partial charge in [-0.15, -0.1) is 11.3 Å². The summed E-state index contributed by atoms with van der Waals surface area (Å²) in [5, 5.41) is 17.6. The second kappa shape index (κ2) is 7.78. The number of urea groups is 1. The number of hydrogen-bond donors (Lipinski definition) is 2. The Bertz CT molecular complexity index is 1140. The summed E-state index contributed by atoms with van der Waals surface area (Å²) in [7, 11) is 1.62. The molecule has 0 bridgehead atoms. The van der Waals surface area contributed by atoms with Crippen molar-refractivity contribution in [2.45, 2.75) is 13.0 Å². The summed E-state index contributed by atoms with van der Waals surface area (Å²) >= 11 is 1.52. The molecule has 0 radical (unpaired) electrons. The molecule has 7 heteroatoms. The maximum absolute atomic E-state index is 12.1. The number of amides is 2. The molecule has 6 nitrogen and oxygen atoms in total. The van der Waals surface area contributed by atoms with E-state index in [0.29, 0.717) is 5.56 Å². The van der Waals surface area contributed by atoms with Crippen LogP contribution in [0.4, 0.5) is 4.79 Å². The van der Waals surface area contributed by atoms with Crippen LogP contribution in [0.1, 0.15) is 29.1 Å². The summed E-state index contributed by atoms with van der Waals surface area (Å²) in [5.41, 5.74) is 4.99. The molecule has 2 aromatic carbocycles. The van der Waals surface area contributed by atoms with Crippen LogP contribution in [-0.4, -0.2) is 18.1 Å². The van der Waals surface area contributed by atoms with E-state index in [4.69, 9.17) is 15.0 Å². The van der Waals surface area contributed by atoms with Gasteiger partial charge in [0.15, 0.2) is 0 Å². The van der Waals surface area contributed by atoms with Gasteiger partial charge in [-0.05, 0) is 36.8 Å². The van der Waals surface area contributed by atoms with E-state index >= 15 is 0 Å². The van der Waals surface area contributed by atoms with Gasteiger partial charge in [-0.1, -0.05) is 24.3 Å². The van der Waals surface area contributed by atoms with E-state index in [-0.39, 0.29) is 12.1 Å². The van der Waals surface area contributed by atoms with Gasteiger partial charge in [-0.3, -0.25) is 0 Å². The summed E-state index contributed by atoms with van der Waals surface area (Å²) in [6, 6.07) is 16.5. The molecule has 2 heterocycles. The van der Waals surface area contributed by atoms with Gasteiger partial charge in [0.2, 0.25) is 0 Å². The van der Waals surface area contributed by atoms with E-state index in [2.05, 4.69) is 16.7 Å². The molecule has 1 atom stereocenters. The highest BCUT2D eigenvalue weighted by molar-refractivity contribution is 7.11. The largest absolute Gasteiger partial charge is 0.497 e. The fourth-order valence-electron chi connectivity index (χ4n) is 3.29. The summed E-state index contributed by atoms with van der Waals surface area (Å²) in [4.78, 5) is 17.0. The first-order valence-electron chi connectivity index (χ1n) is 8.97. The van der Waals surface area contributed by atoms with Crippen LogP contribution >= 0.6 is 11.3 Å². The standard InChI is InChI=1S/C22H18N4O2S/c1-13-19(20(26-22(27)24-13)16-4-3-5-17(10-16)28-2)21-25-18(12-29-21)15-8-6-14(11-23)7-9-15/h3-10,12,20H,1-2H3,(H2,24,26,27). The van der Waals surface area contributed by atoms with Gasteiger partial charge in [0.25, 0.3) is 0 Å². The topological polar surface area (TPSA) is 87.0 Å². The highest BCUT2D eigenvalue weighted by atomic mass is 32.1. The van der Waals surface area contributed by atoms with E-state index in [9.17, 15) is 4.79 Å². The first kappa shape index (κ1) is 18.7. The number of rotatable bonds is 4. The van der Waals surface area contributed by atoms with Crippen molar-refractivity contribution < 1.29 is 9.53 Å². The van der Waals surface area contributed by atoms with Gasteiger partial charge >= 0.3 is 6.03 Å². The van der Waals surface area contributed by atoms with Gasteiger partial charge in [0.05, 0.1) is 30.5 Å². The molecule has 144 valence electrons. The minimum atomic E-state index is -0.334. The molecule has 1 aliphatic rings. The molecule has 4 rings (SSSR count). The Morgan fingerprint density at radius 1 is 1.21 bits per heavy atom. The first-order valence-corrected chi connectivity index (χ1v) is 9.85. The molecule has 2 N–H and O–H groups in total. The predicted octanol–water partition coefficient (Wildman–Crippen LogP) is 4.48. The van der Waals surface area contributed by atoms with Crippen LogP contribution in [0.3, 0.4) is 0 Å². The molecule has 0 fully saturated rings. The van der Waals surface area contributed by atoms with E-state index in [1.807, 2.05) is 48.7 Å². The van der Waals surface area contributed by atoms with Crippen molar-refractivity contribution in [2.24, 2.45) is 0 Å². The summed E-state index contributed by atoms with van der Waals surface area (Å²) in [6.07, 6.45) is 0. The van der Waals surface area contributed by atoms with Crippen LogP contribution in [0.2, 0.25) is 0 Å². The number of hydrogen-bond acceptors (Lipinski definition) is 5. The molecule has 1 aromatic heterocycles. The number of carbonyl (C=O) groups is 1. The number of aromatic nitrogens is 1. The molecule has 1 aliphatic heterocycles. The maximum atomic E-state index is 12.1. The average molecular weight is 402 g/mol. The maximum Gasteiger partial charge on any atom is 0.319 e. The lowest BCUT2D eigenvalue weighted by molar-refractivity contribution is 0.240. The Hall–Kier alpha value is -3.63.